The fraction of sp³-hybridized carbons (Fsp3) is 0.238. The first-order valence-corrected chi connectivity index (χ1v) is 13.5. The Morgan fingerprint density at radius 3 is 2.31 bits per heavy atom. The number of sulfone groups is 1. The molecular formula is C21H23N3O5S3. The van der Waals surface area contributed by atoms with E-state index in [1.165, 1.54) is 35.6 Å². The van der Waals surface area contributed by atoms with Crippen molar-refractivity contribution in [1.82, 2.24) is 4.57 Å². The van der Waals surface area contributed by atoms with Crippen molar-refractivity contribution in [2.45, 2.75) is 41.9 Å². The van der Waals surface area contributed by atoms with E-state index in [2.05, 4.69) is 11.6 Å². The number of hydrogen-bond acceptors (Lipinski definition) is 6. The highest BCUT2D eigenvalue weighted by Crippen LogP contribution is 2.21. The molecular weight excluding hydrogens is 470 g/mol. The van der Waals surface area contributed by atoms with Gasteiger partial charge in [0.05, 0.1) is 31.7 Å². The van der Waals surface area contributed by atoms with Crippen LogP contribution < -0.4 is 9.94 Å². The van der Waals surface area contributed by atoms with Crippen LogP contribution in [0.15, 0.2) is 69.9 Å². The Labute approximate surface area is 190 Å². The molecule has 1 aromatic heterocycles. The summed E-state index contributed by atoms with van der Waals surface area (Å²) in [5, 5.41) is 4.68. The van der Waals surface area contributed by atoms with Crippen LogP contribution in [0, 0.1) is 0 Å². The van der Waals surface area contributed by atoms with E-state index in [1.54, 1.807) is 42.7 Å². The van der Waals surface area contributed by atoms with E-state index in [4.69, 9.17) is 5.14 Å². The van der Waals surface area contributed by atoms with Crippen LogP contribution in [0.1, 0.15) is 19.4 Å². The predicted octanol–water partition coefficient (Wildman–Crippen LogP) is 2.39. The molecule has 1 heterocycles. The van der Waals surface area contributed by atoms with Crippen molar-refractivity contribution in [3.63, 3.8) is 0 Å². The van der Waals surface area contributed by atoms with Crippen molar-refractivity contribution < 1.29 is 21.6 Å². The van der Waals surface area contributed by atoms with Crippen molar-refractivity contribution in [3.8, 4) is 0 Å². The van der Waals surface area contributed by atoms with Crippen molar-refractivity contribution >= 4 is 47.3 Å². The van der Waals surface area contributed by atoms with E-state index in [9.17, 15) is 21.6 Å². The van der Waals surface area contributed by atoms with Gasteiger partial charge < -0.3 is 4.57 Å². The van der Waals surface area contributed by atoms with Gasteiger partial charge in [-0.25, -0.2) is 22.0 Å². The molecule has 0 saturated heterocycles. The summed E-state index contributed by atoms with van der Waals surface area (Å²) in [7, 11) is -7.24. The molecule has 170 valence electrons. The predicted molar refractivity (Wildman–Crippen MR) is 124 cm³/mol. The molecule has 3 aromatic rings. The van der Waals surface area contributed by atoms with Gasteiger partial charge >= 0.3 is 0 Å². The van der Waals surface area contributed by atoms with E-state index < -0.39 is 31.0 Å². The Morgan fingerprint density at radius 2 is 1.75 bits per heavy atom. The third kappa shape index (κ3) is 5.07. The monoisotopic (exact) mass is 493 g/mol. The summed E-state index contributed by atoms with van der Waals surface area (Å²) >= 11 is 1.17. The molecule has 0 atom stereocenters. The molecule has 11 heteroatoms. The normalized spacial score (nSPS) is 13.1. The highest BCUT2D eigenvalue weighted by atomic mass is 32.2. The minimum absolute atomic E-state index is 0.00717. The summed E-state index contributed by atoms with van der Waals surface area (Å²) in [5.41, 5.74) is 1.34. The number of fused-ring (bicyclic) bond motifs is 1. The van der Waals surface area contributed by atoms with Crippen LogP contribution in [-0.2, 0) is 37.6 Å². The lowest BCUT2D eigenvalue weighted by Crippen LogP contribution is -2.17. The van der Waals surface area contributed by atoms with Gasteiger partial charge in [0.2, 0.25) is 10.0 Å². The largest absolute Gasteiger partial charge is 0.313 e. The number of amides is 1. The SMILES string of the molecule is C=CCn1c(=NC(=O)Cc2ccc(S(=O)(=O)C(C)C)cc2)sc2cc(S(N)(=O)=O)ccc21. The van der Waals surface area contributed by atoms with E-state index in [0.29, 0.717) is 27.1 Å². The van der Waals surface area contributed by atoms with Gasteiger partial charge in [0, 0.05) is 6.54 Å². The van der Waals surface area contributed by atoms with E-state index >= 15 is 0 Å². The lowest BCUT2D eigenvalue weighted by Gasteiger charge is -2.08. The molecule has 1 amide bonds. The number of carbonyl (C=O) groups excluding carboxylic acids is 1. The minimum Gasteiger partial charge on any atom is -0.313 e. The van der Waals surface area contributed by atoms with Gasteiger partial charge in [-0.1, -0.05) is 29.5 Å². The number of carbonyl (C=O) groups is 1. The highest BCUT2D eigenvalue weighted by molar-refractivity contribution is 7.92. The molecule has 0 aliphatic heterocycles. The smallest absolute Gasteiger partial charge is 0.252 e. The van der Waals surface area contributed by atoms with Gasteiger partial charge in [-0.15, -0.1) is 6.58 Å². The summed E-state index contributed by atoms with van der Waals surface area (Å²) in [5.74, 6) is -0.416. The second kappa shape index (κ2) is 9.10. The molecule has 3 rings (SSSR count). The Morgan fingerprint density at radius 1 is 1.12 bits per heavy atom. The van der Waals surface area contributed by atoms with Gasteiger partial charge in [-0.05, 0) is 49.7 Å². The lowest BCUT2D eigenvalue weighted by atomic mass is 10.1. The summed E-state index contributed by atoms with van der Waals surface area (Å²) in [4.78, 5) is 17.4. The Balaban J connectivity index is 1.95. The Bertz CT molecular complexity index is 1460. The molecule has 0 fully saturated rings. The number of nitrogens with two attached hydrogens (primary N) is 1. The molecule has 0 radical (unpaired) electrons. The summed E-state index contributed by atoms with van der Waals surface area (Å²) in [6, 6.07) is 10.7. The number of benzene rings is 2. The number of hydrogen-bond donors (Lipinski definition) is 1. The standard InChI is InChI=1S/C21H23N3O5S3/c1-4-11-24-18-10-9-17(32(22,28)29)13-19(18)30-21(24)23-20(25)12-15-5-7-16(8-6-15)31(26,27)14(2)3/h4-10,13-14H,1,11-12H2,2-3H3,(H2,22,28,29). The molecule has 0 saturated carbocycles. The van der Waals surface area contributed by atoms with E-state index in [1.807, 2.05) is 0 Å². The zero-order chi connectivity index (χ0) is 23.7. The first kappa shape index (κ1) is 24.1. The molecule has 0 spiro atoms. The summed E-state index contributed by atoms with van der Waals surface area (Å²) in [6.45, 7) is 7.32. The minimum atomic E-state index is -3.86. The van der Waals surface area contributed by atoms with Crippen LogP contribution >= 0.6 is 11.3 Å². The number of sulfonamides is 1. The molecule has 2 N–H and O–H groups in total. The van der Waals surface area contributed by atoms with Gasteiger partial charge in [-0.2, -0.15) is 4.99 Å². The molecule has 8 nitrogen and oxygen atoms in total. The summed E-state index contributed by atoms with van der Waals surface area (Å²) < 4.78 is 50.1. The topological polar surface area (TPSA) is 129 Å². The van der Waals surface area contributed by atoms with Crippen LogP contribution in [0.5, 0.6) is 0 Å². The number of aromatic nitrogens is 1. The van der Waals surface area contributed by atoms with Crippen LogP contribution in [0.2, 0.25) is 0 Å². The fourth-order valence-corrected chi connectivity index (χ4v) is 5.78. The van der Waals surface area contributed by atoms with Crippen LogP contribution in [0.4, 0.5) is 0 Å². The van der Waals surface area contributed by atoms with Crippen LogP contribution in [0.25, 0.3) is 10.2 Å². The Hall–Kier alpha value is -2.60. The average Bonchev–Trinajstić information content (AvgIpc) is 3.04. The van der Waals surface area contributed by atoms with Crippen molar-refractivity contribution in [2.24, 2.45) is 10.1 Å². The summed E-state index contributed by atoms with van der Waals surface area (Å²) in [6.07, 6.45) is 1.64. The number of primary sulfonamides is 1. The van der Waals surface area contributed by atoms with E-state index in [0.717, 1.165) is 0 Å². The highest BCUT2D eigenvalue weighted by Gasteiger charge is 2.19. The second-order valence-electron chi connectivity index (χ2n) is 7.38. The third-order valence-electron chi connectivity index (χ3n) is 4.74. The number of thiazole rings is 1. The van der Waals surface area contributed by atoms with Crippen LogP contribution in [0.3, 0.4) is 0 Å². The van der Waals surface area contributed by atoms with Gasteiger partial charge in [-0.3, -0.25) is 4.79 Å². The number of allylic oxidation sites excluding steroid dienone is 1. The fourth-order valence-electron chi connectivity index (χ4n) is 3.01. The first-order chi connectivity index (χ1) is 14.9. The van der Waals surface area contributed by atoms with Gasteiger partial charge in [0.25, 0.3) is 5.91 Å². The zero-order valence-electron chi connectivity index (χ0n) is 17.6. The zero-order valence-corrected chi connectivity index (χ0v) is 20.0. The second-order valence-corrected chi connectivity index (χ2v) is 12.5. The van der Waals surface area contributed by atoms with Crippen molar-refractivity contribution in [3.05, 3.63) is 65.5 Å². The maximum absolute atomic E-state index is 12.6. The van der Waals surface area contributed by atoms with Crippen molar-refractivity contribution in [1.29, 1.82) is 0 Å². The molecule has 32 heavy (non-hydrogen) atoms. The van der Waals surface area contributed by atoms with Crippen molar-refractivity contribution in [2.75, 3.05) is 0 Å². The first-order valence-electron chi connectivity index (χ1n) is 9.61. The third-order valence-corrected chi connectivity index (χ3v) is 8.87. The molecule has 0 aliphatic rings. The average molecular weight is 494 g/mol. The van der Waals surface area contributed by atoms with Crippen LogP contribution in [-0.4, -0.2) is 32.6 Å². The Kier molecular flexibility index (Phi) is 6.84. The molecule has 0 unspecified atom stereocenters. The number of rotatable bonds is 7. The van der Waals surface area contributed by atoms with Gasteiger partial charge in [0.1, 0.15) is 0 Å². The number of nitrogens with zero attached hydrogens (tertiary/aromatic N) is 2. The molecule has 2 aromatic carbocycles. The lowest BCUT2D eigenvalue weighted by molar-refractivity contribution is -0.117. The molecule has 0 bridgehead atoms. The quantitative estimate of drug-likeness (QED) is 0.505. The van der Waals surface area contributed by atoms with E-state index in [-0.39, 0.29) is 16.2 Å². The van der Waals surface area contributed by atoms with Gasteiger partial charge in [0.15, 0.2) is 14.6 Å². The molecule has 0 aliphatic carbocycles. The maximum atomic E-state index is 12.6. The maximum Gasteiger partial charge on any atom is 0.252 e.